The Hall–Kier alpha value is -1.59. The Balaban J connectivity index is 2.09. The van der Waals surface area contributed by atoms with E-state index in [0.29, 0.717) is 18.0 Å². The van der Waals surface area contributed by atoms with Gasteiger partial charge in [0.2, 0.25) is 0 Å². The summed E-state index contributed by atoms with van der Waals surface area (Å²) in [5.74, 6) is 1.16. The highest BCUT2D eigenvalue weighted by Crippen LogP contribution is 2.30. The average Bonchev–Trinajstić information content (AvgIpc) is 2.54. The number of ether oxygens (including phenoxy) is 2. The summed E-state index contributed by atoms with van der Waals surface area (Å²) in [4.78, 5) is 0. The molecule has 2 aromatic carbocycles. The summed E-state index contributed by atoms with van der Waals surface area (Å²) in [5, 5.41) is 3.38. The first kappa shape index (κ1) is 16.8. The molecule has 0 amide bonds. The molecule has 3 nitrogen and oxygen atoms in total. The third kappa shape index (κ3) is 3.99. The van der Waals surface area contributed by atoms with Gasteiger partial charge in [0.25, 0.3) is 0 Å². The molecule has 1 N–H and O–H groups in total. The first-order chi connectivity index (χ1) is 10.5. The van der Waals surface area contributed by atoms with Crippen molar-refractivity contribution in [3.05, 3.63) is 57.8 Å². The van der Waals surface area contributed by atoms with E-state index < -0.39 is 0 Å². The van der Waals surface area contributed by atoms with Crippen LogP contribution < -0.4 is 14.8 Å². The van der Waals surface area contributed by atoms with Crippen molar-refractivity contribution in [1.82, 2.24) is 5.32 Å². The van der Waals surface area contributed by atoms with Gasteiger partial charge in [-0.1, -0.05) is 22.0 Å². The maximum Gasteiger partial charge on any atom is 0.161 e. The first-order valence-electron chi connectivity index (χ1n) is 6.94. The maximum absolute atomic E-state index is 13.3. The van der Waals surface area contributed by atoms with Crippen molar-refractivity contribution in [1.29, 1.82) is 0 Å². The zero-order valence-corrected chi connectivity index (χ0v) is 14.4. The van der Waals surface area contributed by atoms with E-state index in [4.69, 9.17) is 9.47 Å². The molecular formula is C17H19BrFNO2. The van der Waals surface area contributed by atoms with Crippen molar-refractivity contribution in [2.75, 3.05) is 14.2 Å². The lowest BCUT2D eigenvalue weighted by atomic mass is 10.1. The predicted octanol–water partition coefficient (Wildman–Crippen LogP) is 4.46. The monoisotopic (exact) mass is 367 g/mol. The molecule has 0 aromatic heterocycles. The zero-order valence-electron chi connectivity index (χ0n) is 12.8. The highest BCUT2D eigenvalue weighted by Gasteiger charge is 2.11. The third-order valence-corrected chi connectivity index (χ3v) is 4.29. The molecule has 2 rings (SSSR count). The van der Waals surface area contributed by atoms with Crippen LogP contribution in [0.25, 0.3) is 0 Å². The van der Waals surface area contributed by atoms with Crippen LogP contribution in [0.15, 0.2) is 40.9 Å². The number of rotatable bonds is 6. The van der Waals surface area contributed by atoms with E-state index in [-0.39, 0.29) is 11.9 Å². The molecule has 0 radical (unpaired) electrons. The lowest BCUT2D eigenvalue weighted by molar-refractivity contribution is 0.354. The van der Waals surface area contributed by atoms with E-state index in [0.717, 1.165) is 15.6 Å². The minimum atomic E-state index is -0.237. The molecule has 0 bridgehead atoms. The molecule has 0 aliphatic rings. The summed E-state index contributed by atoms with van der Waals surface area (Å²) >= 11 is 3.44. The quantitative estimate of drug-likeness (QED) is 0.817. The van der Waals surface area contributed by atoms with Gasteiger partial charge in [0, 0.05) is 17.1 Å². The van der Waals surface area contributed by atoms with Gasteiger partial charge in [0.15, 0.2) is 11.5 Å². The molecule has 0 heterocycles. The second kappa shape index (κ2) is 7.61. The van der Waals surface area contributed by atoms with Gasteiger partial charge in [-0.25, -0.2) is 4.39 Å². The topological polar surface area (TPSA) is 30.5 Å². The Morgan fingerprint density at radius 3 is 2.50 bits per heavy atom. The molecule has 0 saturated heterocycles. The van der Waals surface area contributed by atoms with Gasteiger partial charge in [-0.3, -0.25) is 0 Å². The zero-order chi connectivity index (χ0) is 16.1. The van der Waals surface area contributed by atoms with Gasteiger partial charge in [-0.2, -0.15) is 0 Å². The van der Waals surface area contributed by atoms with Crippen molar-refractivity contribution in [2.45, 2.75) is 19.5 Å². The van der Waals surface area contributed by atoms with Crippen LogP contribution in [0.4, 0.5) is 4.39 Å². The third-order valence-electron chi connectivity index (χ3n) is 3.51. The number of benzene rings is 2. The Kier molecular flexibility index (Phi) is 5.80. The summed E-state index contributed by atoms with van der Waals surface area (Å²) in [6.45, 7) is 2.61. The molecule has 0 fully saturated rings. The van der Waals surface area contributed by atoms with Crippen LogP contribution >= 0.6 is 15.9 Å². The van der Waals surface area contributed by atoms with Crippen LogP contribution in [-0.2, 0) is 6.54 Å². The van der Waals surface area contributed by atoms with Crippen molar-refractivity contribution in [2.24, 2.45) is 0 Å². The minimum absolute atomic E-state index is 0.0926. The molecule has 2 aromatic rings. The summed E-state index contributed by atoms with van der Waals surface area (Å²) in [6.07, 6.45) is 0. The minimum Gasteiger partial charge on any atom is -0.493 e. The number of methoxy groups -OCH3 is 2. The second-order valence-corrected chi connectivity index (χ2v) is 5.81. The first-order valence-corrected chi connectivity index (χ1v) is 7.73. The fourth-order valence-corrected chi connectivity index (χ4v) is 2.57. The number of hydrogen-bond acceptors (Lipinski definition) is 3. The Morgan fingerprint density at radius 1 is 1.09 bits per heavy atom. The molecule has 0 spiro atoms. The van der Waals surface area contributed by atoms with Gasteiger partial charge >= 0.3 is 0 Å². The van der Waals surface area contributed by atoms with Crippen molar-refractivity contribution >= 4 is 15.9 Å². The van der Waals surface area contributed by atoms with E-state index in [1.165, 1.54) is 12.1 Å². The molecule has 0 saturated carbocycles. The maximum atomic E-state index is 13.3. The molecular weight excluding hydrogens is 349 g/mol. The molecule has 22 heavy (non-hydrogen) atoms. The van der Waals surface area contributed by atoms with Crippen LogP contribution in [0.2, 0.25) is 0 Å². The second-order valence-electron chi connectivity index (χ2n) is 4.95. The predicted molar refractivity (Wildman–Crippen MR) is 88.9 cm³/mol. The van der Waals surface area contributed by atoms with Gasteiger partial charge in [0.05, 0.1) is 14.2 Å². The smallest absolute Gasteiger partial charge is 0.161 e. The Morgan fingerprint density at radius 2 is 1.82 bits per heavy atom. The van der Waals surface area contributed by atoms with E-state index in [2.05, 4.69) is 28.2 Å². The van der Waals surface area contributed by atoms with Crippen LogP contribution in [0.3, 0.4) is 0 Å². The van der Waals surface area contributed by atoms with Crippen LogP contribution in [-0.4, -0.2) is 14.2 Å². The van der Waals surface area contributed by atoms with Crippen LogP contribution in [0.5, 0.6) is 11.5 Å². The van der Waals surface area contributed by atoms with Gasteiger partial charge in [0.1, 0.15) is 5.82 Å². The van der Waals surface area contributed by atoms with Crippen molar-refractivity contribution in [3.8, 4) is 11.5 Å². The molecule has 5 heteroatoms. The summed E-state index contributed by atoms with van der Waals surface area (Å²) < 4.78 is 24.7. The Bertz CT molecular complexity index is 649. The summed E-state index contributed by atoms with van der Waals surface area (Å²) in [6, 6.07) is 10.6. The summed E-state index contributed by atoms with van der Waals surface area (Å²) in [5.41, 5.74) is 1.96. The molecule has 0 aliphatic carbocycles. The lowest BCUT2D eigenvalue weighted by Gasteiger charge is -2.17. The number of hydrogen-bond donors (Lipinski definition) is 1. The normalized spacial score (nSPS) is 12.0. The van der Waals surface area contributed by atoms with E-state index in [1.807, 2.05) is 18.2 Å². The largest absolute Gasteiger partial charge is 0.493 e. The number of nitrogens with one attached hydrogen (secondary N) is 1. The standard InChI is InChI=1S/C17H19BrFNO2/c1-11(12-4-7-16(21-2)17(9-12)22-3)20-10-13-8-14(19)5-6-15(13)18/h4-9,11,20H,10H2,1-3H3. The molecule has 0 aliphatic heterocycles. The van der Waals surface area contributed by atoms with E-state index in [1.54, 1.807) is 20.3 Å². The fraction of sp³-hybridized carbons (Fsp3) is 0.294. The highest BCUT2D eigenvalue weighted by atomic mass is 79.9. The number of halogens is 2. The summed E-state index contributed by atoms with van der Waals surface area (Å²) in [7, 11) is 3.23. The van der Waals surface area contributed by atoms with Crippen LogP contribution in [0, 0.1) is 5.82 Å². The van der Waals surface area contributed by atoms with Gasteiger partial charge < -0.3 is 14.8 Å². The van der Waals surface area contributed by atoms with Crippen molar-refractivity contribution in [3.63, 3.8) is 0 Å². The van der Waals surface area contributed by atoms with Gasteiger partial charge in [-0.05, 0) is 48.4 Å². The van der Waals surface area contributed by atoms with E-state index >= 15 is 0 Å². The molecule has 1 unspecified atom stereocenters. The lowest BCUT2D eigenvalue weighted by Crippen LogP contribution is -2.18. The van der Waals surface area contributed by atoms with Crippen molar-refractivity contribution < 1.29 is 13.9 Å². The highest BCUT2D eigenvalue weighted by molar-refractivity contribution is 9.10. The SMILES string of the molecule is COc1ccc(C(C)NCc2cc(F)ccc2Br)cc1OC. The Labute approximate surface area is 138 Å². The fourth-order valence-electron chi connectivity index (χ4n) is 2.18. The van der Waals surface area contributed by atoms with Gasteiger partial charge in [-0.15, -0.1) is 0 Å². The average molecular weight is 368 g/mol. The van der Waals surface area contributed by atoms with Crippen LogP contribution in [0.1, 0.15) is 24.1 Å². The molecule has 118 valence electrons. The molecule has 1 atom stereocenters. The van der Waals surface area contributed by atoms with E-state index in [9.17, 15) is 4.39 Å².